The Labute approximate surface area is 120 Å². The number of carboxylic acid groups (broad SMARTS) is 1. The molecule has 2 heterocycles. The maximum absolute atomic E-state index is 12.8. The minimum Gasteiger partial charge on any atom is -0.480 e. The van der Waals surface area contributed by atoms with Crippen LogP contribution < -0.4 is 0 Å². The molecule has 0 aromatic carbocycles. The molecule has 8 heteroatoms. The maximum Gasteiger partial charge on any atom is 0.435 e. The number of aliphatic carboxylic acids is 1. The third-order valence-electron chi connectivity index (χ3n) is 3.60. The fraction of sp³-hybridized carbons (Fsp3) is 0.692. The molecule has 1 unspecified atom stereocenters. The predicted octanol–water partition coefficient (Wildman–Crippen LogP) is 2.36. The SMILES string of the molecule is CC(C)c1cc(C(F)(F)F)nn1C1CCN(CC(=O)O)C1. The minimum absolute atomic E-state index is 0.0814. The van der Waals surface area contributed by atoms with Crippen LogP contribution in [0.1, 0.15) is 43.6 Å². The van der Waals surface area contributed by atoms with Crippen LogP contribution in [0.5, 0.6) is 0 Å². The van der Waals surface area contributed by atoms with Gasteiger partial charge in [0.15, 0.2) is 5.69 Å². The van der Waals surface area contributed by atoms with Crippen molar-refractivity contribution in [1.82, 2.24) is 14.7 Å². The molecule has 1 atom stereocenters. The fourth-order valence-corrected chi connectivity index (χ4v) is 2.62. The van der Waals surface area contributed by atoms with E-state index in [2.05, 4.69) is 5.10 Å². The summed E-state index contributed by atoms with van der Waals surface area (Å²) in [5.41, 5.74) is -0.354. The van der Waals surface area contributed by atoms with E-state index in [1.54, 1.807) is 4.90 Å². The Morgan fingerprint density at radius 2 is 2.19 bits per heavy atom. The van der Waals surface area contributed by atoms with E-state index in [0.717, 1.165) is 6.07 Å². The van der Waals surface area contributed by atoms with E-state index in [1.165, 1.54) is 4.68 Å². The molecule has 1 aliphatic rings. The molecule has 0 saturated carbocycles. The van der Waals surface area contributed by atoms with Crippen molar-refractivity contribution in [2.45, 2.75) is 38.4 Å². The third-order valence-corrected chi connectivity index (χ3v) is 3.60. The largest absolute Gasteiger partial charge is 0.480 e. The lowest BCUT2D eigenvalue weighted by Crippen LogP contribution is -2.28. The number of likely N-dealkylation sites (tertiary alicyclic amines) is 1. The number of carboxylic acids is 1. The Kier molecular flexibility index (Phi) is 4.27. The van der Waals surface area contributed by atoms with Gasteiger partial charge in [0.05, 0.1) is 12.6 Å². The van der Waals surface area contributed by atoms with Gasteiger partial charge < -0.3 is 5.11 Å². The summed E-state index contributed by atoms with van der Waals surface area (Å²) in [7, 11) is 0. The van der Waals surface area contributed by atoms with E-state index in [0.29, 0.717) is 25.2 Å². The van der Waals surface area contributed by atoms with Crippen molar-refractivity contribution in [3.05, 3.63) is 17.5 Å². The zero-order valence-electron chi connectivity index (χ0n) is 11.9. The van der Waals surface area contributed by atoms with Crippen LogP contribution in [0, 0.1) is 0 Å². The van der Waals surface area contributed by atoms with Crippen molar-refractivity contribution in [1.29, 1.82) is 0 Å². The molecule has 0 aliphatic carbocycles. The van der Waals surface area contributed by atoms with Crippen LogP contribution in [0.3, 0.4) is 0 Å². The topological polar surface area (TPSA) is 58.4 Å². The first-order valence-electron chi connectivity index (χ1n) is 6.79. The quantitative estimate of drug-likeness (QED) is 0.928. The monoisotopic (exact) mass is 305 g/mol. The third kappa shape index (κ3) is 3.55. The number of hydrogen-bond donors (Lipinski definition) is 1. The molecule has 1 saturated heterocycles. The van der Waals surface area contributed by atoms with E-state index in [9.17, 15) is 18.0 Å². The normalized spacial score (nSPS) is 20.4. The van der Waals surface area contributed by atoms with Crippen LogP contribution in [-0.4, -0.2) is 45.4 Å². The van der Waals surface area contributed by atoms with Gasteiger partial charge in [0.1, 0.15) is 0 Å². The van der Waals surface area contributed by atoms with Gasteiger partial charge >= 0.3 is 12.1 Å². The molecule has 0 spiro atoms. The molecule has 1 aromatic rings. The Morgan fingerprint density at radius 3 is 2.71 bits per heavy atom. The van der Waals surface area contributed by atoms with Gasteiger partial charge in [0.25, 0.3) is 0 Å². The summed E-state index contributed by atoms with van der Waals surface area (Å²) < 4.78 is 39.9. The number of halogens is 3. The maximum atomic E-state index is 12.8. The molecule has 1 fully saturated rings. The lowest BCUT2D eigenvalue weighted by Gasteiger charge is -2.17. The smallest absolute Gasteiger partial charge is 0.435 e. The van der Waals surface area contributed by atoms with Crippen molar-refractivity contribution < 1.29 is 23.1 Å². The zero-order valence-corrected chi connectivity index (χ0v) is 11.9. The van der Waals surface area contributed by atoms with Gasteiger partial charge in [-0.2, -0.15) is 18.3 Å². The first-order valence-corrected chi connectivity index (χ1v) is 6.79. The van der Waals surface area contributed by atoms with Gasteiger partial charge in [0, 0.05) is 18.8 Å². The van der Waals surface area contributed by atoms with Crippen molar-refractivity contribution >= 4 is 5.97 Å². The average molecular weight is 305 g/mol. The van der Waals surface area contributed by atoms with Crippen molar-refractivity contribution in [3.63, 3.8) is 0 Å². The van der Waals surface area contributed by atoms with Crippen LogP contribution >= 0.6 is 0 Å². The molecule has 21 heavy (non-hydrogen) atoms. The highest BCUT2D eigenvalue weighted by atomic mass is 19.4. The predicted molar refractivity (Wildman–Crippen MR) is 69.0 cm³/mol. The summed E-state index contributed by atoms with van der Waals surface area (Å²) in [5.74, 6) is -1.02. The molecular formula is C13H18F3N3O2. The van der Waals surface area contributed by atoms with E-state index in [-0.39, 0.29) is 18.5 Å². The van der Waals surface area contributed by atoms with Gasteiger partial charge in [-0.1, -0.05) is 13.8 Å². The fourth-order valence-electron chi connectivity index (χ4n) is 2.62. The molecule has 2 rings (SSSR count). The lowest BCUT2D eigenvalue weighted by atomic mass is 10.1. The summed E-state index contributed by atoms with van der Waals surface area (Å²) in [5, 5.41) is 12.5. The standard InChI is InChI=1S/C13H18F3N3O2/c1-8(2)10-5-11(13(14,15)16)17-19(10)9-3-4-18(6-9)7-12(20)21/h5,8-9H,3-4,6-7H2,1-2H3,(H,20,21). The number of aromatic nitrogens is 2. The van der Waals surface area contributed by atoms with E-state index in [1.807, 2.05) is 13.8 Å². The molecule has 1 aliphatic heterocycles. The van der Waals surface area contributed by atoms with Crippen molar-refractivity contribution in [2.75, 3.05) is 19.6 Å². The average Bonchev–Trinajstić information content (AvgIpc) is 2.91. The van der Waals surface area contributed by atoms with Crippen LogP contribution in [0.2, 0.25) is 0 Å². The molecule has 0 bridgehead atoms. The molecule has 118 valence electrons. The van der Waals surface area contributed by atoms with Crippen LogP contribution in [0.25, 0.3) is 0 Å². The number of hydrogen-bond acceptors (Lipinski definition) is 3. The van der Waals surface area contributed by atoms with Gasteiger partial charge in [-0.3, -0.25) is 14.4 Å². The Morgan fingerprint density at radius 1 is 1.52 bits per heavy atom. The molecular weight excluding hydrogens is 287 g/mol. The second kappa shape index (κ2) is 5.67. The first-order chi connectivity index (χ1) is 9.68. The molecule has 1 N–H and O–H groups in total. The molecule has 5 nitrogen and oxygen atoms in total. The number of nitrogens with zero attached hydrogens (tertiary/aromatic N) is 3. The number of alkyl halides is 3. The van der Waals surface area contributed by atoms with Crippen molar-refractivity contribution in [2.24, 2.45) is 0 Å². The van der Waals surface area contributed by atoms with E-state index < -0.39 is 17.8 Å². The highest BCUT2D eigenvalue weighted by molar-refractivity contribution is 5.69. The summed E-state index contributed by atoms with van der Waals surface area (Å²) in [6.45, 7) is 4.50. The van der Waals surface area contributed by atoms with Crippen LogP contribution in [0.4, 0.5) is 13.2 Å². The van der Waals surface area contributed by atoms with Gasteiger partial charge in [-0.15, -0.1) is 0 Å². The summed E-state index contributed by atoms with van der Waals surface area (Å²) >= 11 is 0. The van der Waals surface area contributed by atoms with E-state index in [4.69, 9.17) is 5.11 Å². The number of rotatable bonds is 4. The second-order valence-corrected chi connectivity index (χ2v) is 5.62. The van der Waals surface area contributed by atoms with Gasteiger partial charge in [0.2, 0.25) is 0 Å². The minimum atomic E-state index is -4.46. The van der Waals surface area contributed by atoms with Gasteiger partial charge in [-0.05, 0) is 18.4 Å². The second-order valence-electron chi connectivity index (χ2n) is 5.62. The van der Waals surface area contributed by atoms with E-state index >= 15 is 0 Å². The first kappa shape index (κ1) is 15.8. The van der Waals surface area contributed by atoms with Crippen LogP contribution in [-0.2, 0) is 11.0 Å². The highest BCUT2D eigenvalue weighted by Crippen LogP contribution is 2.33. The Hall–Kier alpha value is -1.57. The Bertz CT molecular complexity index is 525. The highest BCUT2D eigenvalue weighted by Gasteiger charge is 2.37. The molecule has 0 radical (unpaired) electrons. The summed E-state index contributed by atoms with van der Waals surface area (Å²) in [4.78, 5) is 12.4. The summed E-state index contributed by atoms with van der Waals surface area (Å²) in [6, 6.07) is 0.877. The zero-order chi connectivity index (χ0) is 15.8. The Balaban J connectivity index is 2.23. The summed E-state index contributed by atoms with van der Waals surface area (Å²) in [6.07, 6.45) is -3.86. The number of carbonyl (C=O) groups is 1. The van der Waals surface area contributed by atoms with Crippen LogP contribution in [0.15, 0.2) is 6.07 Å². The molecule has 0 amide bonds. The lowest BCUT2D eigenvalue weighted by molar-refractivity contribution is -0.141. The molecule has 1 aromatic heterocycles. The van der Waals surface area contributed by atoms with Gasteiger partial charge in [-0.25, -0.2) is 0 Å². The van der Waals surface area contributed by atoms with Crippen molar-refractivity contribution in [3.8, 4) is 0 Å².